The molecule has 1 heterocycles. The van der Waals surface area contributed by atoms with Gasteiger partial charge in [-0.05, 0) is 25.5 Å². The molecule has 1 aliphatic heterocycles. The topological polar surface area (TPSA) is 29.5 Å². The predicted molar refractivity (Wildman–Crippen MR) is 68.6 cm³/mol. The summed E-state index contributed by atoms with van der Waals surface area (Å²) in [6.07, 6.45) is 1.02. The van der Waals surface area contributed by atoms with Gasteiger partial charge < -0.3 is 14.4 Å². The summed E-state index contributed by atoms with van der Waals surface area (Å²) in [4.78, 5) is 13.5. The van der Waals surface area contributed by atoms with Gasteiger partial charge in [0.2, 0.25) is 0 Å². The van der Waals surface area contributed by atoms with Gasteiger partial charge in [0.15, 0.2) is 0 Å². The van der Waals surface area contributed by atoms with Gasteiger partial charge in [0.25, 0.3) is 0 Å². The van der Waals surface area contributed by atoms with E-state index in [1.807, 2.05) is 32.0 Å². The van der Waals surface area contributed by atoms with E-state index in [4.69, 9.17) is 4.74 Å². The number of rotatable bonds is 3. The summed E-state index contributed by atoms with van der Waals surface area (Å²) in [6, 6.07) is 8.14. The summed E-state index contributed by atoms with van der Waals surface area (Å²) in [5, 5.41) is 0. The minimum Gasteiger partial charge on any atom is -0.378 e. The van der Waals surface area contributed by atoms with E-state index in [2.05, 4.69) is 11.0 Å². The highest BCUT2D eigenvalue weighted by atomic mass is 16.5. The Kier molecular flexibility index (Phi) is 3.48. The minimum atomic E-state index is -0.436. The molecule has 0 aromatic heterocycles. The van der Waals surface area contributed by atoms with Crippen molar-refractivity contribution in [2.24, 2.45) is 0 Å². The molecule has 1 saturated heterocycles. The summed E-state index contributed by atoms with van der Waals surface area (Å²) in [7, 11) is 0. The average Bonchev–Trinajstić information content (AvgIpc) is 2.40. The quantitative estimate of drug-likeness (QED) is 0.748. The molecule has 0 aliphatic carbocycles. The van der Waals surface area contributed by atoms with E-state index in [-0.39, 0.29) is 0 Å². The van der Waals surface area contributed by atoms with Gasteiger partial charge in [-0.25, -0.2) is 0 Å². The van der Waals surface area contributed by atoms with Gasteiger partial charge in [0.05, 0.1) is 13.2 Å². The summed E-state index contributed by atoms with van der Waals surface area (Å²) in [5.74, 6) is 0. The maximum Gasteiger partial charge on any atom is 0.130 e. The minimum absolute atomic E-state index is 0.436. The number of carbonyl (C=O) groups excluding carboxylic acids is 1. The lowest BCUT2D eigenvalue weighted by Gasteiger charge is -2.33. The standard InChI is InChI=1S/C14H19NO2/c1-14(2,11-16)12-5-3-4-6-13(12)15-7-9-17-10-8-15/h3-6,11H,7-10H2,1-2H3. The van der Waals surface area contributed by atoms with Crippen LogP contribution in [0.3, 0.4) is 0 Å². The second-order valence-electron chi connectivity index (χ2n) is 4.96. The highest BCUT2D eigenvalue weighted by Gasteiger charge is 2.25. The molecule has 3 heteroatoms. The lowest BCUT2D eigenvalue weighted by Crippen LogP contribution is -2.38. The van der Waals surface area contributed by atoms with Gasteiger partial charge in [-0.1, -0.05) is 18.2 Å². The smallest absolute Gasteiger partial charge is 0.130 e. The molecule has 3 nitrogen and oxygen atoms in total. The Morgan fingerprint density at radius 1 is 1.24 bits per heavy atom. The van der Waals surface area contributed by atoms with Gasteiger partial charge in [-0.2, -0.15) is 0 Å². The number of morpholine rings is 1. The van der Waals surface area contributed by atoms with Crippen molar-refractivity contribution in [2.45, 2.75) is 19.3 Å². The van der Waals surface area contributed by atoms with Crippen LogP contribution in [0.25, 0.3) is 0 Å². The number of carbonyl (C=O) groups is 1. The maximum absolute atomic E-state index is 11.2. The van der Waals surface area contributed by atoms with E-state index < -0.39 is 5.41 Å². The maximum atomic E-state index is 11.2. The fraction of sp³-hybridized carbons (Fsp3) is 0.500. The predicted octanol–water partition coefficient (Wildman–Crippen LogP) is 2.00. The number of hydrogen-bond acceptors (Lipinski definition) is 3. The first-order valence-electron chi connectivity index (χ1n) is 6.04. The Bertz CT molecular complexity index is 395. The molecule has 1 aromatic rings. The number of benzene rings is 1. The van der Waals surface area contributed by atoms with Crippen molar-refractivity contribution in [3.63, 3.8) is 0 Å². The third-order valence-electron chi connectivity index (χ3n) is 3.24. The average molecular weight is 233 g/mol. The van der Waals surface area contributed by atoms with Crippen LogP contribution in [-0.4, -0.2) is 32.6 Å². The number of nitrogens with zero attached hydrogens (tertiary/aromatic N) is 1. The van der Waals surface area contributed by atoms with E-state index >= 15 is 0 Å². The van der Waals surface area contributed by atoms with E-state index in [1.54, 1.807) is 0 Å². The first-order valence-corrected chi connectivity index (χ1v) is 6.04. The molecule has 0 amide bonds. The number of para-hydroxylation sites is 1. The van der Waals surface area contributed by atoms with E-state index in [1.165, 1.54) is 0 Å². The zero-order chi connectivity index (χ0) is 12.3. The zero-order valence-corrected chi connectivity index (χ0v) is 10.5. The summed E-state index contributed by atoms with van der Waals surface area (Å²) in [6.45, 7) is 7.22. The van der Waals surface area contributed by atoms with Crippen molar-refractivity contribution in [1.29, 1.82) is 0 Å². The lowest BCUT2D eigenvalue weighted by molar-refractivity contribution is -0.111. The molecule has 0 spiro atoms. The Morgan fingerprint density at radius 3 is 2.53 bits per heavy atom. The van der Waals surface area contributed by atoms with Crippen molar-refractivity contribution in [3.05, 3.63) is 29.8 Å². The molecular formula is C14H19NO2. The molecule has 0 radical (unpaired) electrons. The van der Waals surface area contributed by atoms with Crippen LogP contribution in [0.1, 0.15) is 19.4 Å². The zero-order valence-electron chi connectivity index (χ0n) is 10.5. The van der Waals surface area contributed by atoms with Crippen molar-refractivity contribution in [2.75, 3.05) is 31.2 Å². The number of hydrogen-bond donors (Lipinski definition) is 0. The lowest BCUT2D eigenvalue weighted by atomic mass is 9.85. The molecule has 2 rings (SSSR count). The monoisotopic (exact) mass is 233 g/mol. The summed E-state index contributed by atoms with van der Waals surface area (Å²) >= 11 is 0. The van der Waals surface area contributed by atoms with Crippen molar-refractivity contribution in [3.8, 4) is 0 Å². The fourth-order valence-electron chi connectivity index (χ4n) is 2.16. The Morgan fingerprint density at radius 2 is 1.88 bits per heavy atom. The van der Waals surface area contributed by atoms with E-state index in [0.717, 1.165) is 43.8 Å². The van der Waals surface area contributed by atoms with Crippen LogP contribution >= 0.6 is 0 Å². The largest absolute Gasteiger partial charge is 0.378 e. The van der Waals surface area contributed by atoms with E-state index in [0.29, 0.717) is 0 Å². The highest BCUT2D eigenvalue weighted by molar-refractivity contribution is 5.73. The second-order valence-corrected chi connectivity index (χ2v) is 4.96. The molecule has 92 valence electrons. The number of ether oxygens (including phenoxy) is 1. The Hall–Kier alpha value is -1.35. The third kappa shape index (κ3) is 2.50. The molecular weight excluding hydrogens is 214 g/mol. The van der Waals surface area contributed by atoms with Gasteiger partial charge in [-0.3, -0.25) is 0 Å². The highest BCUT2D eigenvalue weighted by Crippen LogP contribution is 2.31. The van der Waals surface area contributed by atoms with Crippen molar-refractivity contribution >= 4 is 12.0 Å². The Balaban J connectivity index is 2.36. The first-order chi connectivity index (χ1) is 8.15. The molecule has 1 aliphatic rings. The molecule has 0 bridgehead atoms. The van der Waals surface area contributed by atoms with Gasteiger partial charge in [0.1, 0.15) is 6.29 Å². The molecule has 0 N–H and O–H groups in total. The summed E-state index contributed by atoms with van der Waals surface area (Å²) < 4.78 is 5.36. The number of aldehydes is 1. The molecule has 17 heavy (non-hydrogen) atoms. The first kappa shape index (κ1) is 12.1. The molecule has 0 saturated carbocycles. The Labute approximate surface area is 102 Å². The number of anilines is 1. The van der Waals surface area contributed by atoms with Crippen LogP contribution in [0.15, 0.2) is 24.3 Å². The van der Waals surface area contributed by atoms with Gasteiger partial charge in [-0.15, -0.1) is 0 Å². The molecule has 0 atom stereocenters. The molecule has 1 fully saturated rings. The fourth-order valence-corrected chi connectivity index (χ4v) is 2.16. The van der Waals surface area contributed by atoms with Crippen LogP contribution < -0.4 is 4.90 Å². The molecule has 1 aromatic carbocycles. The third-order valence-corrected chi connectivity index (χ3v) is 3.24. The molecule has 0 unspecified atom stereocenters. The van der Waals surface area contributed by atoms with Gasteiger partial charge >= 0.3 is 0 Å². The van der Waals surface area contributed by atoms with E-state index in [9.17, 15) is 4.79 Å². The summed E-state index contributed by atoms with van der Waals surface area (Å²) in [5.41, 5.74) is 1.82. The van der Waals surface area contributed by atoms with Crippen LogP contribution in [-0.2, 0) is 14.9 Å². The van der Waals surface area contributed by atoms with Crippen LogP contribution in [0.5, 0.6) is 0 Å². The second kappa shape index (κ2) is 4.88. The van der Waals surface area contributed by atoms with Crippen LogP contribution in [0, 0.1) is 0 Å². The van der Waals surface area contributed by atoms with Gasteiger partial charge in [0, 0.05) is 24.2 Å². The SMILES string of the molecule is CC(C)(C=O)c1ccccc1N1CCOCC1. The van der Waals surface area contributed by atoms with Crippen LogP contribution in [0.2, 0.25) is 0 Å². The van der Waals surface area contributed by atoms with Crippen molar-refractivity contribution in [1.82, 2.24) is 0 Å². The van der Waals surface area contributed by atoms with Crippen molar-refractivity contribution < 1.29 is 9.53 Å². The normalized spacial score (nSPS) is 16.9. The van der Waals surface area contributed by atoms with Crippen LogP contribution in [0.4, 0.5) is 5.69 Å².